The van der Waals surface area contributed by atoms with Crippen LogP contribution in [-0.2, 0) is 6.42 Å². The first kappa shape index (κ1) is 8.79. The zero-order valence-electron chi connectivity index (χ0n) is 7.18. The highest BCUT2D eigenvalue weighted by Crippen LogP contribution is 2.10. The van der Waals surface area contributed by atoms with Crippen molar-refractivity contribution in [2.45, 2.75) is 39.0 Å². The first-order valence-corrected chi connectivity index (χ1v) is 5.39. The molecule has 62 valence electrons. The van der Waals surface area contributed by atoms with Crippen LogP contribution in [0.15, 0.2) is 16.8 Å². The van der Waals surface area contributed by atoms with Crippen molar-refractivity contribution in [3.8, 4) is 0 Å². The second-order valence-corrected chi connectivity index (χ2v) is 3.72. The molecule has 1 aromatic heterocycles. The zero-order chi connectivity index (χ0) is 7.94. The molecule has 0 fully saturated rings. The molecule has 0 amide bonds. The van der Waals surface area contributed by atoms with Gasteiger partial charge in [-0.15, -0.1) is 0 Å². The fourth-order valence-corrected chi connectivity index (χ4v) is 1.89. The first-order chi connectivity index (χ1) is 5.43. The van der Waals surface area contributed by atoms with Gasteiger partial charge in [0.1, 0.15) is 0 Å². The smallest absolute Gasteiger partial charge is 0.00613 e. The van der Waals surface area contributed by atoms with Gasteiger partial charge in [0.2, 0.25) is 0 Å². The lowest BCUT2D eigenvalue weighted by Crippen LogP contribution is -1.81. The van der Waals surface area contributed by atoms with Crippen LogP contribution in [0, 0.1) is 0 Å². The summed E-state index contributed by atoms with van der Waals surface area (Å²) >= 11 is 1.80. The van der Waals surface area contributed by atoms with Crippen LogP contribution >= 0.6 is 11.3 Å². The Morgan fingerprint density at radius 1 is 1.27 bits per heavy atom. The Bertz CT molecular complexity index is 165. The van der Waals surface area contributed by atoms with Gasteiger partial charge < -0.3 is 0 Å². The maximum absolute atomic E-state index is 2.26. The lowest BCUT2D eigenvalue weighted by Gasteiger charge is -1.96. The molecule has 1 heteroatoms. The van der Waals surface area contributed by atoms with E-state index in [4.69, 9.17) is 0 Å². The van der Waals surface area contributed by atoms with Crippen molar-refractivity contribution in [3.63, 3.8) is 0 Å². The Morgan fingerprint density at radius 2 is 2.18 bits per heavy atom. The van der Waals surface area contributed by atoms with E-state index in [1.165, 1.54) is 37.7 Å². The van der Waals surface area contributed by atoms with Crippen LogP contribution in [-0.4, -0.2) is 0 Å². The van der Waals surface area contributed by atoms with Crippen molar-refractivity contribution in [3.05, 3.63) is 22.4 Å². The highest BCUT2D eigenvalue weighted by molar-refractivity contribution is 7.07. The molecule has 0 spiro atoms. The monoisotopic (exact) mass is 168 g/mol. The standard InChI is InChI=1S/C10H16S/c1-2-3-4-5-6-10-7-8-11-9-10/h7-9H,2-6H2,1H3. The molecule has 0 nitrogen and oxygen atoms in total. The van der Waals surface area contributed by atoms with E-state index in [0.29, 0.717) is 0 Å². The quantitative estimate of drug-likeness (QED) is 0.585. The first-order valence-electron chi connectivity index (χ1n) is 4.44. The molecule has 0 saturated carbocycles. The topological polar surface area (TPSA) is 0 Å². The molecule has 0 unspecified atom stereocenters. The van der Waals surface area contributed by atoms with Crippen molar-refractivity contribution < 1.29 is 0 Å². The largest absolute Gasteiger partial charge is 0.152 e. The molecule has 1 heterocycles. The maximum atomic E-state index is 2.26. The van der Waals surface area contributed by atoms with Crippen LogP contribution in [0.3, 0.4) is 0 Å². The van der Waals surface area contributed by atoms with Crippen LogP contribution < -0.4 is 0 Å². The number of rotatable bonds is 5. The molecule has 0 aliphatic rings. The summed E-state index contributed by atoms with van der Waals surface area (Å²) in [5.74, 6) is 0. The van der Waals surface area contributed by atoms with Crippen LogP contribution in [0.1, 0.15) is 38.2 Å². The summed E-state index contributed by atoms with van der Waals surface area (Å²) in [5, 5.41) is 4.42. The second-order valence-electron chi connectivity index (χ2n) is 2.94. The van der Waals surface area contributed by atoms with Gasteiger partial charge in [-0.2, -0.15) is 11.3 Å². The molecule has 0 radical (unpaired) electrons. The van der Waals surface area contributed by atoms with Gasteiger partial charge in [-0.25, -0.2) is 0 Å². The molecule has 0 aliphatic carbocycles. The van der Waals surface area contributed by atoms with E-state index < -0.39 is 0 Å². The molecule has 0 saturated heterocycles. The van der Waals surface area contributed by atoms with E-state index in [1.54, 1.807) is 11.3 Å². The average molecular weight is 168 g/mol. The van der Waals surface area contributed by atoms with E-state index in [2.05, 4.69) is 23.8 Å². The zero-order valence-corrected chi connectivity index (χ0v) is 7.99. The van der Waals surface area contributed by atoms with E-state index in [0.717, 1.165) is 0 Å². The number of aryl methyl sites for hydroxylation is 1. The van der Waals surface area contributed by atoms with Crippen molar-refractivity contribution in [2.75, 3.05) is 0 Å². The van der Waals surface area contributed by atoms with E-state index in [1.807, 2.05) is 0 Å². The molecule has 0 N–H and O–H groups in total. The Kier molecular flexibility index (Phi) is 4.29. The Hall–Kier alpha value is -0.300. The predicted molar refractivity (Wildman–Crippen MR) is 52.2 cm³/mol. The predicted octanol–water partition coefficient (Wildman–Crippen LogP) is 3.87. The number of thiophene rings is 1. The van der Waals surface area contributed by atoms with Gasteiger partial charge in [0, 0.05) is 0 Å². The van der Waals surface area contributed by atoms with Gasteiger partial charge in [0.15, 0.2) is 0 Å². The molecule has 1 aromatic rings. The Labute approximate surface area is 73.3 Å². The van der Waals surface area contributed by atoms with Crippen LogP contribution in [0.2, 0.25) is 0 Å². The third kappa shape index (κ3) is 3.57. The third-order valence-electron chi connectivity index (χ3n) is 1.90. The average Bonchev–Trinajstić information content (AvgIpc) is 2.50. The summed E-state index contributed by atoms with van der Waals surface area (Å²) in [6.07, 6.45) is 6.77. The molecule has 0 aliphatic heterocycles. The minimum absolute atomic E-state index is 1.28. The number of unbranched alkanes of at least 4 members (excludes halogenated alkanes) is 3. The van der Waals surface area contributed by atoms with Crippen LogP contribution in [0.4, 0.5) is 0 Å². The van der Waals surface area contributed by atoms with E-state index >= 15 is 0 Å². The van der Waals surface area contributed by atoms with E-state index in [-0.39, 0.29) is 0 Å². The SMILES string of the molecule is CCCCCCc1ccsc1. The molecule has 0 aromatic carbocycles. The van der Waals surface area contributed by atoms with Crippen molar-refractivity contribution in [1.82, 2.24) is 0 Å². The highest BCUT2D eigenvalue weighted by atomic mass is 32.1. The van der Waals surface area contributed by atoms with Crippen LogP contribution in [0.25, 0.3) is 0 Å². The Balaban J connectivity index is 2.04. The van der Waals surface area contributed by atoms with Gasteiger partial charge in [-0.05, 0) is 35.2 Å². The second kappa shape index (κ2) is 5.36. The number of hydrogen-bond acceptors (Lipinski definition) is 1. The molecule has 1 rings (SSSR count). The normalized spacial score (nSPS) is 10.3. The molecular formula is C10H16S. The molecule has 0 bridgehead atoms. The van der Waals surface area contributed by atoms with Gasteiger partial charge in [-0.1, -0.05) is 26.2 Å². The summed E-state index contributed by atoms with van der Waals surface area (Å²) in [4.78, 5) is 0. The summed E-state index contributed by atoms with van der Waals surface area (Å²) in [5.41, 5.74) is 1.52. The minimum atomic E-state index is 1.28. The molecular weight excluding hydrogens is 152 g/mol. The lowest BCUT2D eigenvalue weighted by molar-refractivity contribution is 0.667. The van der Waals surface area contributed by atoms with Gasteiger partial charge in [-0.3, -0.25) is 0 Å². The fraction of sp³-hybridized carbons (Fsp3) is 0.600. The fourth-order valence-electron chi connectivity index (χ4n) is 1.19. The molecule has 11 heavy (non-hydrogen) atoms. The highest BCUT2D eigenvalue weighted by Gasteiger charge is 1.91. The van der Waals surface area contributed by atoms with Gasteiger partial charge >= 0.3 is 0 Å². The third-order valence-corrected chi connectivity index (χ3v) is 2.63. The lowest BCUT2D eigenvalue weighted by atomic mass is 10.1. The van der Waals surface area contributed by atoms with Crippen LogP contribution in [0.5, 0.6) is 0 Å². The Morgan fingerprint density at radius 3 is 2.82 bits per heavy atom. The van der Waals surface area contributed by atoms with Gasteiger partial charge in [0.25, 0.3) is 0 Å². The molecule has 0 atom stereocenters. The maximum Gasteiger partial charge on any atom is -0.00613 e. The summed E-state index contributed by atoms with van der Waals surface area (Å²) in [7, 11) is 0. The van der Waals surface area contributed by atoms with Crippen molar-refractivity contribution in [2.24, 2.45) is 0 Å². The van der Waals surface area contributed by atoms with Crippen molar-refractivity contribution >= 4 is 11.3 Å². The minimum Gasteiger partial charge on any atom is -0.152 e. The summed E-state index contributed by atoms with van der Waals surface area (Å²) < 4.78 is 0. The summed E-state index contributed by atoms with van der Waals surface area (Å²) in [6.45, 7) is 2.25. The number of hydrogen-bond donors (Lipinski definition) is 0. The van der Waals surface area contributed by atoms with E-state index in [9.17, 15) is 0 Å². The summed E-state index contributed by atoms with van der Waals surface area (Å²) in [6, 6.07) is 2.23. The van der Waals surface area contributed by atoms with Gasteiger partial charge in [0.05, 0.1) is 0 Å². The van der Waals surface area contributed by atoms with Crippen molar-refractivity contribution in [1.29, 1.82) is 0 Å².